The quantitative estimate of drug-likeness (QED) is 0.618. The van der Waals surface area contributed by atoms with Crippen molar-refractivity contribution < 1.29 is 28.9 Å². The number of hydrogen-bond donors (Lipinski definition) is 1. The number of carboxylic acids is 1. The summed E-state index contributed by atoms with van der Waals surface area (Å²) in [4.78, 5) is 21.5. The van der Waals surface area contributed by atoms with Crippen molar-refractivity contribution in [1.29, 1.82) is 0 Å². The molecular weight excluding hydrogens is 252 g/mol. The van der Waals surface area contributed by atoms with Gasteiger partial charge in [0.2, 0.25) is 0 Å². The molecular formula is C13H14O6. The average molecular weight is 266 g/mol. The summed E-state index contributed by atoms with van der Waals surface area (Å²) in [6.45, 7) is -0.253. The minimum atomic E-state index is -1.08. The fourth-order valence-electron chi connectivity index (χ4n) is 1.27. The molecule has 0 aliphatic carbocycles. The van der Waals surface area contributed by atoms with E-state index in [1.165, 1.54) is 20.3 Å². The lowest BCUT2D eigenvalue weighted by Crippen LogP contribution is -2.13. The number of carboxylic acid groups (broad SMARTS) is 1. The van der Waals surface area contributed by atoms with E-state index in [1.807, 2.05) is 0 Å². The standard InChI is InChI=1S/C13H14O6/c1-17-10-4-5-11(19-8-13(16)18-2)9(7-10)3-6-12(14)15/h3-7H,8H2,1-2H3,(H,14,15)/b6-3+. The Morgan fingerprint density at radius 1 is 1.32 bits per heavy atom. The van der Waals surface area contributed by atoms with E-state index in [0.29, 0.717) is 17.1 Å². The molecule has 0 radical (unpaired) electrons. The molecule has 19 heavy (non-hydrogen) atoms. The summed E-state index contributed by atoms with van der Waals surface area (Å²) in [7, 11) is 2.75. The van der Waals surface area contributed by atoms with Gasteiger partial charge in [-0.3, -0.25) is 0 Å². The van der Waals surface area contributed by atoms with Crippen LogP contribution >= 0.6 is 0 Å². The number of hydrogen-bond acceptors (Lipinski definition) is 5. The van der Waals surface area contributed by atoms with E-state index in [0.717, 1.165) is 6.08 Å². The van der Waals surface area contributed by atoms with Crippen LogP contribution in [0.3, 0.4) is 0 Å². The van der Waals surface area contributed by atoms with Crippen LogP contribution in [0.15, 0.2) is 24.3 Å². The average Bonchev–Trinajstić information content (AvgIpc) is 2.42. The van der Waals surface area contributed by atoms with Gasteiger partial charge in [-0.05, 0) is 24.3 Å². The van der Waals surface area contributed by atoms with E-state index >= 15 is 0 Å². The Morgan fingerprint density at radius 3 is 2.63 bits per heavy atom. The van der Waals surface area contributed by atoms with Gasteiger partial charge in [0.05, 0.1) is 14.2 Å². The second kappa shape index (κ2) is 7.05. The fraction of sp³-hybridized carbons (Fsp3) is 0.231. The molecule has 0 saturated heterocycles. The molecule has 0 amide bonds. The Morgan fingerprint density at radius 2 is 2.05 bits per heavy atom. The minimum Gasteiger partial charge on any atom is -0.497 e. The van der Waals surface area contributed by atoms with Crippen LogP contribution in [0.4, 0.5) is 0 Å². The molecule has 1 aromatic rings. The lowest BCUT2D eigenvalue weighted by Gasteiger charge is -2.09. The van der Waals surface area contributed by atoms with Crippen molar-refractivity contribution in [3.8, 4) is 11.5 Å². The molecule has 1 N–H and O–H groups in total. The number of rotatable bonds is 6. The van der Waals surface area contributed by atoms with Crippen LogP contribution in [0.5, 0.6) is 11.5 Å². The van der Waals surface area contributed by atoms with Gasteiger partial charge in [0.15, 0.2) is 6.61 Å². The lowest BCUT2D eigenvalue weighted by atomic mass is 10.1. The first-order valence-electron chi connectivity index (χ1n) is 5.35. The molecule has 6 nitrogen and oxygen atoms in total. The lowest BCUT2D eigenvalue weighted by molar-refractivity contribution is -0.143. The van der Waals surface area contributed by atoms with Gasteiger partial charge in [-0.1, -0.05) is 0 Å². The van der Waals surface area contributed by atoms with Crippen molar-refractivity contribution in [2.75, 3.05) is 20.8 Å². The maximum atomic E-state index is 11.0. The van der Waals surface area contributed by atoms with Crippen LogP contribution in [0.1, 0.15) is 5.56 Å². The number of ether oxygens (including phenoxy) is 3. The molecule has 0 aliphatic rings. The SMILES string of the molecule is COC(=O)COc1ccc(OC)cc1/C=C/C(=O)O. The van der Waals surface area contributed by atoms with Crippen LogP contribution < -0.4 is 9.47 Å². The van der Waals surface area contributed by atoms with Crippen LogP contribution in [0.2, 0.25) is 0 Å². The molecule has 0 saturated carbocycles. The Kier molecular flexibility index (Phi) is 5.40. The van der Waals surface area contributed by atoms with Gasteiger partial charge in [0.1, 0.15) is 11.5 Å². The van der Waals surface area contributed by atoms with Crippen molar-refractivity contribution in [3.05, 3.63) is 29.8 Å². The molecule has 102 valence electrons. The first kappa shape index (κ1) is 14.6. The summed E-state index contributed by atoms with van der Waals surface area (Å²) in [6, 6.07) is 4.83. The smallest absolute Gasteiger partial charge is 0.343 e. The molecule has 0 atom stereocenters. The third-order valence-corrected chi connectivity index (χ3v) is 2.20. The third-order valence-electron chi connectivity index (χ3n) is 2.20. The molecule has 0 bridgehead atoms. The molecule has 0 heterocycles. The highest BCUT2D eigenvalue weighted by Gasteiger charge is 2.07. The molecule has 0 spiro atoms. The number of methoxy groups -OCH3 is 2. The van der Waals surface area contributed by atoms with Crippen molar-refractivity contribution in [3.63, 3.8) is 0 Å². The maximum absolute atomic E-state index is 11.0. The van der Waals surface area contributed by atoms with Gasteiger partial charge in [0.25, 0.3) is 0 Å². The highest BCUT2D eigenvalue weighted by atomic mass is 16.6. The van der Waals surface area contributed by atoms with Crippen LogP contribution in [0, 0.1) is 0 Å². The Hall–Kier alpha value is -2.50. The predicted molar refractivity (Wildman–Crippen MR) is 67.2 cm³/mol. The van der Waals surface area contributed by atoms with Gasteiger partial charge in [-0.25, -0.2) is 9.59 Å². The fourth-order valence-corrected chi connectivity index (χ4v) is 1.27. The molecule has 0 fully saturated rings. The van der Waals surface area contributed by atoms with Crippen molar-refractivity contribution in [1.82, 2.24) is 0 Å². The van der Waals surface area contributed by atoms with E-state index < -0.39 is 11.9 Å². The van der Waals surface area contributed by atoms with E-state index in [2.05, 4.69) is 4.74 Å². The summed E-state index contributed by atoms with van der Waals surface area (Å²) >= 11 is 0. The third kappa shape index (κ3) is 4.71. The number of carbonyl (C=O) groups is 2. The molecule has 6 heteroatoms. The highest BCUT2D eigenvalue weighted by Crippen LogP contribution is 2.25. The largest absolute Gasteiger partial charge is 0.497 e. The summed E-state index contributed by atoms with van der Waals surface area (Å²) in [5.41, 5.74) is 0.491. The number of carbonyl (C=O) groups excluding carboxylic acids is 1. The van der Waals surface area contributed by atoms with E-state index in [1.54, 1.807) is 18.2 Å². The van der Waals surface area contributed by atoms with Gasteiger partial charge in [-0.2, -0.15) is 0 Å². The summed E-state index contributed by atoms with van der Waals surface area (Å²) in [5, 5.41) is 8.62. The van der Waals surface area contributed by atoms with Crippen molar-refractivity contribution in [2.45, 2.75) is 0 Å². The van der Waals surface area contributed by atoms with Crippen molar-refractivity contribution >= 4 is 18.0 Å². The Bertz CT molecular complexity index is 492. The molecule has 1 rings (SSSR count). The van der Waals surface area contributed by atoms with Gasteiger partial charge in [-0.15, -0.1) is 0 Å². The minimum absolute atomic E-state index is 0.253. The Labute approximate surface area is 110 Å². The van der Waals surface area contributed by atoms with E-state index in [-0.39, 0.29) is 6.61 Å². The summed E-state index contributed by atoms with van der Waals surface area (Å²) < 4.78 is 14.7. The zero-order chi connectivity index (χ0) is 14.3. The number of esters is 1. The maximum Gasteiger partial charge on any atom is 0.343 e. The zero-order valence-corrected chi connectivity index (χ0v) is 10.6. The topological polar surface area (TPSA) is 82.1 Å². The van der Waals surface area contributed by atoms with Gasteiger partial charge >= 0.3 is 11.9 Å². The monoisotopic (exact) mass is 266 g/mol. The van der Waals surface area contributed by atoms with E-state index in [9.17, 15) is 9.59 Å². The first-order chi connectivity index (χ1) is 9.06. The molecule has 0 aromatic heterocycles. The molecule has 0 aliphatic heterocycles. The molecule has 0 unspecified atom stereocenters. The van der Waals surface area contributed by atoms with Crippen LogP contribution in [-0.2, 0) is 14.3 Å². The number of benzene rings is 1. The summed E-state index contributed by atoms with van der Waals surface area (Å²) in [5.74, 6) is -0.690. The second-order valence-electron chi connectivity index (χ2n) is 3.44. The van der Waals surface area contributed by atoms with Crippen molar-refractivity contribution in [2.24, 2.45) is 0 Å². The first-order valence-corrected chi connectivity index (χ1v) is 5.35. The Balaban J connectivity index is 2.94. The van der Waals surface area contributed by atoms with E-state index in [4.69, 9.17) is 14.6 Å². The van der Waals surface area contributed by atoms with Gasteiger partial charge < -0.3 is 19.3 Å². The van der Waals surface area contributed by atoms with Gasteiger partial charge in [0, 0.05) is 11.6 Å². The highest BCUT2D eigenvalue weighted by molar-refractivity contribution is 5.86. The van der Waals surface area contributed by atoms with Crippen LogP contribution in [-0.4, -0.2) is 37.9 Å². The zero-order valence-electron chi connectivity index (χ0n) is 10.6. The summed E-state index contributed by atoms with van der Waals surface area (Å²) in [6.07, 6.45) is 2.33. The molecule has 1 aromatic carbocycles. The predicted octanol–water partition coefficient (Wildman–Crippen LogP) is 1.34. The normalized spacial score (nSPS) is 10.2. The number of aliphatic carboxylic acids is 1. The second-order valence-corrected chi connectivity index (χ2v) is 3.44. The van der Waals surface area contributed by atoms with Crippen LogP contribution in [0.25, 0.3) is 6.08 Å².